The highest BCUT2D eigenvalue weighted by Gasteiger charge is 2.12. The van der Waals surface area contributed by atoms with Crippen LogP contribution in [0.15, 0.2) is 42.6 Å². The van der Waals surface area contributed by atoms with Crippen LogP contribution in [-0.2, 0) is 4.74 Å². The van der Waals surface area contributed by atoms with Gasteiger partial charge in [0.25, 0.3) is 0 Å². The fraction of sp³-hybridized carbons (Fsp3) is 0.267. The average Bonchev–Trinajstić information content (AvgIpc) is 2.51. The van der Waals surface area contributed by atoms with Gasteiger partial charge in [0, 0.05) is 31.0 Å². The first-order valence-corrected chi connectivity index (χ1v) is 6.64. The molecular weight excluding hydrogens is 254 g/mol. The maximum Gasteiger partial charge on any atom is 0.169 e. The first kappa shape index (κ1) is 12.7. The lowest BCUT2D eigenvalue weighted by Crippen LogP contribution is -2.36. The van der Waals surface area contributed by atoms with E-state index in [4.69, 9.17) is 15.2 Å². The Balaban J connectivity index is 1.79. The van der Waals surface area contributed by atoms with Crippen LogP contribution in [0, 0.1) is 0 Å². The van der Waals surface area contributed by atoms with Crippen molar-refractivity contribution < 1.29 is 9.47 Å². The van der Waals surface area contributed by atoms with Crippen LogP contribution in [0.3, 0.4) is 0 Å². The van der Waals surface area contributed by atoms with E-state index in [0.717, 1.165) is 37.7 Å². The number of hydrogen-bond donors (Lipinski definition) is 1. The minimum atomic E-state index is 0.393. The van der Waals surface area contributed by atoms with Gasteiger partial charge in [0.2, 0.25) is 0 Å². The van der Waals surface area contributed by atoms with Crippen molar-refractivity contribution >= 4 is 11.5 Å². The van der Waals surface area contributed by atoms with Crippen molar-refractivity contribution in [1.29, 1.82) is 0 Å². The van der Waals surface area contributed by atoms with E-state index >= 15 is 0 Å². The highest BCUT2D eigenvalue weighted by Crippen LogP contribution is 2.28. The van der Waals surface area contributed by atoms with Crippen molar-refractivity contribution in [2.45, 2.75) is 0 Å². The molecule has 104 valence electrons. The second kappa shape index (κ2) is 5.79. The van der Waals surface area contributed by atoms with Gasteiger partial charge in [0.1, 0.15) is 5.75 Å². The molecule has 1 aromatic heterocycles. The summed E-state index contributed by atoms with van der Waals surface area (Å²) in [4.78, 5) is 6.29. The van der Waals surface area contributed by atoms with E-state index in [9.17, 15) is 0 Å². The highest BCUT2D eigenvalue weighted by molar-refractivity contribution is 5.53. The Bertz CT molecular complexity index is 583. The SMILES string of the molecule is Nc1ncccc1Oc1cccc(N2CCOCC2)c1. The van der Waals surface area contributed by atoms with Crippen LogP contribution in [0.4, 0.5) is 11.5 Å². The number of aromatic nitrogens is 1. The number of ether oxygens (including phenoxy) is 2. The van der Waals surface area contributed by atoms with Gasteiger partial charge in [-0.15, -0.1) is 0 Å². The lowest BCUT2D eigenvalue weighted by Gasteiger charge is -2.29. The van der Waals surface area contributed by atoms with Gasteiger partial charge in [-0.2, -0.15) is 0 Å². The molecule has 2 heterocycles. The monoisotopic (exact) mass is 271 g/mol. The molecular formula is C15H17N3O2. The predicted molar refractivity (Wildman–Crippen MR) is 78.2 cm³/mol. The van der Waals surface area contributed by atoms with Crippen LogP contribution in [-0.4, -0.2) is 31.3 Å². The molecule has 1 aliphatic heterocycles. The van der Waals surface area contributed by atoms with Crippen LogP contribution in [0.2, 0.25) is 0 Å². The number of morpholine rings is 1. The van der Waals surface area contributed by atoms with Gasteiger partial charge in [0.15, 0.2) is 11.6 Å². The Morgan fingerprint density at radius 1 is 1.15 bits per heavy atom. The zero-order valence-corrected chi connectivity index (χ0v) is 11.2. The van der Waals surface area contributed by atoms with Crippen molar-refractivity contribution in [3.63, 3.8) is 0 Å². The van der Waals surface area contributed by atoms with Crippen LogP contribution in [0.5, 0.6) is 11.5 Å². The Morgan fingerprint density at radius 2 is 2.00 bits per heavy atom. The second-order valence-electron chi connectivity index (χ2n) is 4.59. The molecule has 0 radical (unpaired) electrons. The maximum atomic E-state index is 5.80. The molecule has 2 aromatic rings. The first-order valence-electron chi connectivity index (χ1n) is 6.64. The van der Waals surface area contributed by atoms with Gasteiger partial charge < -0.3 is 20.1 Å². The summed E-state index contributed by atoms with van der Waals surface area (Å²) in [7, 11) is 0. The summed E-state index contributed by atoms with van der Waals surface area (Å²) in [6, 6.07) is 11.6. The number of nitrogen functional groups attached to an aromatic ring is 1. The van der Waals surface area contributed by atoms with E-state index in [2.05, 4.69) is 16.0 Å². The lowest BCUT2D eigenvalue weighted by atomic mass is 10.2. The molecule has 0 unspecified atom stereocenters. The largest absolute Gasteiger partial charge is 0.453 e. The number of benzene rings is 1. The van der Waals surface area contributed by atoms with Crippen molar-refractivity contribution in [3.8, 4) is 11.5 Å². The van der Waals surface area contributed by atoms with Crippen molar-refractivity contribution in [2.75, 3.05) is 36.9 Å². The van der Waals surface area contributed by atoms with Crippen molar-refractivity contribution in [3.05, 3.63) is 42.6 Å². The minimum Gasteiger partial charge on any atom is -0.453 e. The van der Waals surface area contributed by atoms with Crippen LogP contribution in [0.1, 0.15) is 0 Å². The molecule has 0 saturated carbocycles. The molecule has 0 amide bonds. The van der Waals surface area contributed by atoms with Crippen LogP contribution < -0.4 is 15.4 Å². The van der Waals surface area contributed by atoms with E-state index in [0.29, 0.717) is 11.6 Å². The molecule has 0 aliphatic carbocycles. The molecule has 20 heavy (non-hydrogen) atoms. The molecule has 1 fully saturated rings. The molecule has 0 bridgehead atoms. The molecule has 0 atom stereocenters. The number of pyridine rings is 1. The third kappa shape index (κ3) is 2.83. The Labute approximate surface area is 117 Å². The lowest BCUT2D eigenvalue weighted by molar-refractivity contribution is 0.122. The van der Waals surface area contributed by atoms with Crippen LogP contribution >= 0.6 is 0 Å². The van der Waals surface area contributed by atoms with E-state index < -0.39 is 0 Å². The Morgan fingerprint density at radius 3 is 2.80 bits per heavy atom. The zero-order chi connectivity index (χ0) is 13.8. The fourth-order valence-corrected chi connectivity index (χ4v) is 2.18. The summed E-state index contributed by atoms with van der Waals surface area (Å²) >= 11 is 0. The van der Waals surface area contributed by atoms with Gasteiger partial charge >= 0.3 is 0 Å². The molecule has 3 rings (SSSR count). The second-order valence-corrected chi connectivity index (χ2v) is 4.59. The number of nitrogens with zero attached hydrogens (tertiary/aromatic N) is 2. The van der Waals surface area contributed by atoms with E-state index in [-0.39, 0.29) is 0 Å². The fourth-order valence-electron chi connectivity index (χ4n) is 2.18. The maximum absolute atomic E-state index is 5.80. The normalized spacial score (nSPS) is 15.1. The molecule has 5 heteroatoms. The third-order valence-electron chi connectivity index (χ3n) is 3.22. The molecule has 1 aromatic carbocycles. The predicted octanol–water partition coefficient (Wildman–Crippen LogP) is 2.29. The Kier molecular flexibility index (Phi) is 3.69. The van der Waals surface area contributed by atoms with Gasteiger partial charge in [0.05, 0.1) is 13.2 Å². The topological polar surface area (TPSA) is 60.6 Å². The third-order valence-corrected chi connectivity index (χ3v) is 3.22. The van der Waals surface area contributed by atoms with E-state index in [1.54, 1.807) is 12.3 Å². The number of nitrogens with two attached hydrogens (primary N) is 1. The Hall–Kier alpha value is -2.27. The molecule has 5 nitrogen and oxygen atoms in total. The number of rotatable bonds is 3. The smallest absolute Gasteiger partial charge is 0.169 e. The summed E-state index contributed by atoms with van der Waals surface area (Å²) in [5, 5.41) is 0. The van der Waals surface area contributed by atoms with E-state index in [1.165, 1.54) is 0 Å². The number of hydrogen-bond acceptors (Lipinski definition) is 5. The summed E-state index contributed by atoms with van der Waals surface area (Å²) in [6.45, 7) is 3.33. The van der Waals surface area contributed by atoms with Crippen molar-refractivity contribution in [2.24, 2.45) is 0 Å². The van der Waals surface area contributed by atoms with Gasteiger partial charge in [-0.3, -0.25) is 0 Å². The standard InChI is InChI=1S/C15H17N3O2/c16-15-14(5-2-6-17-15)20-13-4-1-3-12(11-13)18-7-9-19-10-8-18/h1-6,11H,7-10H2,(H2,16,17). The summed E-state index contributed by atoms with van der Waals surface area (Å²) in [5.41, 5.74) is 6.92. The summed E-state index contributed by atoms with van der Waals surface area (Å²) in [6.07, 6.45) is 1.65. The minimum absolute atomic E-state index is 0.393. The summed E-state index contributed by atoms with van der Waals surface area (Å²) < 4.78 is 11.2. The average molecular weight is 271 g/mol. The van der Waals surface area contributed by atoms with Gasteiger partial charge in [-0.05, 0) is 24.3 Å². The quantitative estimate of drug-likeness (QED) is 0.928. The van der Waals surface area contributed by atoms with E-state index in [1.807, 2.05) is 24.3 Å². The molecule has 1 saturated heterocycles. The van der Waals surface area contributed by atoms with Crippen molar-refractivity contribution in [1.82, 2.24) is 4.98 Å². The van der Waals surface area contributed by atoms with Gasteiger partial charge in [-0.1, -0.05) is 6.07 Å². The summed E-state index contributed by atoms with van der Waals surface area (Å²) in [5.74, 6) is 1.73. The first-order chi connectivity index (χ1) is 9.83. The highest BCUT2D eigenvalue weighted by atomic mass is 16.5. The molecule has 2 N–H and O–H groups in total. The molecule has 0 spiro atoms. The molecule has 1 aliphatic rings. The van der Waals surface area contributed by atoms with Gasteiger partial charge in [-0.25, -0.2) is 4.98 Å². The van der Waals surface area contributed by atoms with Crippen LogP contribution in [0.25, 0.3) is 0 Å². The zero-order valence-electron chi connectivity index (χ0n) is 11.2. The number of anilines is 2.